The van der Waals surface area contributed by atoms with Gasteiger partial charge in [0.2, 0.25) is 5.91 Å². The van der Waals surface area contributed by atoms with E-state index in [1.54, 1.807) is 24.5 Å². The second-order valence-corrected chi connectivity index (χ2v) is 3.55. The molecular weight excluding hydrogens is 204 g/mol. The number of nitrogens with zero attached hydrogens (tertiary/aromatic N) is 1. The number of carbonyl (C=O) groups excluding carboxylic acids is 1. The smallest absolute Gasteiger partial charge is 0.248 e. The van der Waals surface area contributed by atoms with Crippen molar-refractivity contribution in [2.24, 2.45) is 5.73 Å². The number of hydrogen-bond donors (Lipinski definition) is 1. The second kappa shape index (κ2) is 3.06. The fourth-order valence-electron chi connectivity index (χ4n) is 1.78. The van der Waals surface area contributed by atoms with Crippen LogP contribution >= 0.6 is 0 Å². The van der Waals surface area contributed by atoms with Crippen molar-refractivity contribution in [3.8, 4) is 0 Å². The van der Waals surface area contributed by atoms with Gasteiger partial charge in [-0.05, 0) is 24.3 Å². The maximum Gasteiger partial charge on any atom is 0.248 e. The zero-order chi connectivity index (χ0) is 11.1. The van der Waals surface area contributed by atoms with Crippen molar-refractivity contribution in [3.63, 3.8) is 0 Å². The summed E-state index contributed by atoms with van der Waals surface area (Å²) in [5, 5.41) is 1.95. The summed E-state index contributed by atoms with van der Waals surface area (Å²) in [5.41, 5.74) is 7.01. The zero-order valence-electron chi connectivity index (χ0n) is 8.31. The van der Waals surface area contributed by atoms with Crippen molar-refractivity contribution in [2.45, 2.75) is 0 Å². The summed E-state index contributed by atoms with van der Waals surface area (Å²) in [6.07, 6.45) is 3.36. The lowest BCUT2D eigenvalue weighted by Gasteiger charge is -1.93. The Morgan fingerprint density at radius 1 is 1.19 bits per heavy atom. The number of carbonyl (C=O) groups is 1. The molecule has 4 nitrogen and oxygen atoms in total. The molecule has 1 aromatic carbocycles. The molecule has 3 rings (SSSR count). The molecule has 0 saturated carbocycles. The van der Waals surface area contributed by atoms with Gasteiger partial charge in [0, 0.05) is 22.5 Å². The number of furan rings is 1. The van der Waals surface area contributed by atoms with Crippen LogP contribution in [0.4, 0.5) is 0 Å². The van der Waals surface area contributed by atoms with Gasteiger partial charge in [0.1, 0.15) is 5.58 Å². The van der Waals surface area contributed by atoms with E-state index in [4.69, 9.17) is 10.2 Å². The summed E-state index contributed by atoms with van der Waals surface area (Å²) < 4.78 is 5.57. The largest absolute Gasteiger partial charge is 0.454 e. The zero-order valence-corrected chi connectivity index (χ0v) is 8.31. The number of pyridine rings is 1. The number of aromatic nitrogens is 1. The van der Waals surface area contributed by atoms with Crippen molar-refractivity contribution in [1.82, 2.24) is 4.98 Å². The molecule has 2 heterocycles. The first-order valence-electron chi connectivity index (χ1n) is 4.82. The van der Waals surface area contributed by atoms with E-state index in [1.165, 1.54) is 0 Å². The van der Waals surface area contributed by atoms with Gasteiger partial charge in [0.05, 0.1) is 6.20 Å². The predicted molar refractivity (Wildman–Crippen MR) is 60.0 cm³/mol. The van der Waals surface area contributed by atoms with Crippen LogP contribution in [0.25, 0.3) is 21.9 Å². The minimum atomic E-state index is -0.458. The van der Waals surface area contributed by atoms with Crippen molar-refractivity contribution < 1.29 is 9.21 Å². The quantitative estimate of drug-likeness (QED) is 0.671. The molecule has 0 aliphatic rings. The van der Waals surface area contributed by atoms with E-state index >= 15 is 0 Å². The number of hydrogen-bond acceptors (Lipinski definition) is 3. The Kier molecular flexibility index (Phi) is 1.71. The van der Waals surface area contributed by atoms with Crippen molar-refractivity contribution in [2.75, 3.05) is 0 Å². The molecule has 2 N–H and O–H groups in total. The molecule has 0 fully saturated rings. The van der Waals surface area contributed by atoms with E-state index in [0.29, 0.717) is 16.7 Å². The number of primary amides is 1. The van der Waals surface area contributed by atoms with Crippen LogP contribution in [0.15, 0.2) is 41.1 Å². The minimum absolute atomic E-state index is 0.444. The van der Waals surface area contributed by atoms with Gasteiger partial charge in [0.25, 0.3) is 0 Å². The highest BCUT2D eigenvalue weighted by molar-refractivity contribution is 6.06. The highest BCUT2D eigenvalue weighted by Gasteiger charge is 2.08. The van der Waals surface area contributed by atoms with Crippen LogP contribution in [0.3, 0.4) is 0 Å². The van der Waals surface area contributed by atoms with Crippen LogP contribution in [-0.4, -0.2) is 10.9 Å². The van der Waals surface area contributed by atoms with Gasteiger partial charge in [-0.3, -0.25) is 9.78 Å². The molecule has 0 aliphatic heterocycles. The monoisotopic (exact) mass is 212 g/mol. The maximum absolute atomic E-state index is 11.0. The molecule has 78 valence electrons. The molecule has 16 heavy (non-hydrogen) atoms. The van der Waals surface area contributed by atoms with Crippen LogP contribution in [0.1, 0.15) is 10.4 Å². The first-order chi connectivity index (χ1) is 7.75. The summed E-state index contributed by atoms with van der Waals surface area (Å²) in [7, 11) is 0. The van der Waals surface area contributed by atoms with Gasteiger partial charge in [0.15, 0.2) is 5.58 Å². The predicted octanol–water partition coefficient (Wildman–Crippen LogP) is 2.08. The van der Waals surface area contributed by atoms with Crippen molar-refractivity contribution in [3.05, 3.63) is 42.2 Å². The molecule has 0 aliphatic carbocycles. The van der Waals surface area contributed by atoms with Crippen LogP contribution in [-0.2, 0) is 0 Å². The number of fused-ring (bicyclic) bond motifs is 3. The van der Waals surface area contributed by atoms with Crippen molar-refractivity contribution >= 4 is 27.8 Å². The molecular formula is C12H8N2O2. The van der Waals surface area contributed by atoms with E-state index in [-0.39, 0.29) is 0 Å². The Hall–Kier alpha value is -2.36. The van der Waals surface area contributed by atoms with Crippen LogP contribution in [0.2, 0.25) is 0 Å². The summed E-state index contributed by atoms with van der Waals surface area (Å²) in [6, 6.07) is 7.06. The number of benzene rings is 1. The molecule has 2 aromatic heterocycles. The highest BCUT2D eigenvalue weighted by atomic mass is 16.3. The van der Waals surface area contributed by atoms with E-state index in [2.05, 4.69) is 4.98 Å². The number of rotatable bonds is 1. The second-order valence-electron chi connectivity index (χ2n) is 3.55. The summed E-state index contributed by atoms with van der Waals surface area (Å²) in [5.74, 6) is -0.458. The average Bonchev–Trinajstić information content (AvgIpc) is 2.66. The fraction of sp³-hybridized carbons (Fsp3) is 0. The Morgan fingerprint density at radius 3 is 2.81 bits per heavy atom. The van der Waals surface area contributed by atoms with Gasteiger partial charge < -0.3 is 10.2 Å². The van der Waals surface area contributed by atoms with Gasteiger partial charge in [-0.25, -0.2) is 0 Å². The maximum atomic E-state index is 11.0. The molecule has 3 aromatic rings. The summed E-state index contributed by atoms with van der Waals surface area (Å²) in [6.45, 7) is 0. The minimum Gasteiger partial charge on any atom is -0.454 e. The lowest BCUT2D eigenvalue weighted by Crippen LogP contribution is -2.10. The Balaban J connectivity index is 2.41. The number of amides is 1. The first kappa shape index (κ1) is 8.91. The van der Waals surface area contributed by atoms with Crippen LogP contribution < -0.4 is 5.73 Å². The third-order valence-electron chi connectivity index (χ3n) is 2.56. The van der Waals surface area contributed by atoms with E-state index < -0.39 is 5.91 Å². The molecule has 0 spiro atoms. The molecule has 0 atom stereocenters. The van der Waals surface area contributed by atoms with E-state index in [0.717, 1.165) is 10.8 Å². The fourth-order valence-corrected chi connectivity index (χ4v) is 1.78. The lowest BCUT2D eigenvalue weighted by molar-refractivity contribution is 0.100. The Bertz CT molecular complexity index is 700. The third-order valence-corrected chi connectivity index (χ3v) is 2.56. The van der Waals surface area contributed by atoms with Crippen LogP contribution in [0, 0.1) is 0 Å². The first-order valence-corrected chi connectivity index (χ1v) is 4.82. The normalized spacial score (nSPS) is 11.0. The van der Waals surface area contributed by atoms with Crippen molar-refractivity contribution in [1.29, 1.82) is 0 Å². The summed E-state index contributed by atoms with van der Waals surface area (Å²) in [4.78, 5) is 15.0. The van der Waals surface area contributed by atoms with Gasteiger partial charge in [-0.2, -0.15) is 0 Å². The van der Waals surface area contributed by atoms with Crippen LogP contribution in [0.5, 0.6) is 0 Å². The molecule has 0 unspecified atom stereocenters. The highest BCUT2D eigenvalue weighted by Crippen LogP contribution is 2.28. The molecule has 0 radical (unpaired) electrons. The Morgan fingerprint density at radius 2 is 2.00 bits per heavy atom. The molecule has 4 heteroatoms. The number of nitrogens with two attached hydrogens (primary N) is 1. The summed E-state index contributed by atoms with van der Waals surface area (Å²) >= 11 is 0. The van der Waals surface area contributed by atoms with Gasteiger partial charge in [-0.15, -0.1) is 0 Å². The molecule has 0 bridgehead atoms. The standard InChI is InChI=1S/C12H8N2O2/c13-12(15)7-1-2-8-9-3-4-14-6-11(9)16-10(8)5-7/h1-6H,(H2,13,15). The Labute approximate surface area is 90.7 Å². The van der Waals surface area contributed by atoms with Gasteiger partial charge in [-0.1, -0.05) is 0 Å². The van der Waals surface area contributed by atoms with E-state index in [1.807, 2.05) is 12.1 Å². The molecule has 0 saturated heterocycles. The third kappa shape index (κ3) is 1.16. The molecule has 1 amide bonds. The average molecular weight is 212 g/mol. The SMILES string of the molecule is NC(=O)c1ccc2c(c1)oc1cnccc12. The van der Waals surface area contributed by atoms with E-state index in [9.17, 15) is 4.79 Å². The lowest BCUT2D eigenvalue weighted by atomic mass is 10.1. The van der Waals surface area contributed by atoms with Gasteiger partial charge >= 0.3 is 0 Å². The topological polar surface area (TPSA) is 69.1 Å².